The van der Waals surface area contributed by atoms with Gasteiger partial charge in [0.15, 0.2) is 5.78 Å². The van der Waals surface area contributed by atoms with Crippen LogP contribution in [0, 0.1) is 10.1 Å². The Morgan fingerprint density at radius 1 is 1.27 bits per heavy atom. The Morgan fingerprint density at radius 2 is 2.05 bits per heavy atom. The number of ether oxygens (including phenoxy) is 1. The number of nitro groups is 1. The first kappa shape index (κ1) is 15.5. The first-order valence-electron chi connectivity index (χ1n) is 6.67. The normalized spacial score (nSPS) is 10.1. The number of nitrogens with zero attached hydrogens (tertiary/aromatic N) is 1. The van der Waals surface area contributed by atoms with E-state index in [1.807, 2.05) is 0 Å². The average molecular weight is 300 g/mol. The van der Waals surface area contributed by atoms with E-state index in [9.17, 15) is 14.9 Å². The molecule has 0 saturated carbocycles. The zero-order valence-electron chi connectivity index (χ0n) is 12.3. The van der Waals surface area contributed by atoms with Crippen molar-refractivity contribution in [1.82, 2.24) is 0 Å². The second kappa shape index (κ2) is 6.71. The molecule has 0 aromatic heterocycles. The number of hydrogen-bond acceptors (Lipinski definition) is 5. The van der Waals surface area contributed by atoms with Gasteiger partial charge in [0.1, 0.15) is 5.75 Å². The SMILES string of the molecule is COc1ccc(C(C)=O)cc1CNc1cccc([N+](=O)[O-])c1. The van der Waals surface area contributed by atoms with E-state index >= 15 is 0 Å². The highest BCUT2D eigenvalue weighted by molar-refractivity contribution is 5.94. The molecule has 6 heteroatoms. The lowest BCUT2D eigenvalue weighted by molar-refractivity contribution is -0.384. The van der Waals surface area contributed by atoms with Crippen LogP contribution in [0.4, 0.5) is 11.4 Å². The number of hydrogen-bond donors (Lipinski definition) is 1. The van der Waals surface area contributed by atoms with Gasteiger partial charge in [0.25, 0.3) is 5.69 Å². The maximum Gasteiger partial charge on any atom is 0.271 e. The molecule has 0 aliphatic heterocycles. The summed E-state index contributed by atoms with van der Waals surface area (Å²) in [5.41, 5.74) is 2.05. The number of rotatable bonds is 6. The number of benzene rings is 2. The standard InChI is InChI=1S/C16H16N2O4/c1-11(19)12-6-7-16(22-2)13(8-12)10-17-14-4-3-5-15(9-14)18(20)21/h3-9,17H,10H2,1-2H3. The molecule has 0 radical (unpaired) electrons. The van der Waals surface area contributed by atoms with Gasteiger partial charge in [-0.15, -0.1) is 0 Å². The average Bonchev–Trinajstić information content (AvgIpc) is 2.52. The Hall–Kier alpha value is -2.89. The molecule has 0 spiro atoms. The van der Waals surface area contributed by atoms with Crippen molar-refractivity contribution < 1.29 is 14.5 Å². The molecule has 2 rings (SSSR count). The summed E-state index contributed by atoms with van der Waals surface area (Å²) in [4.78, 5) is 21.8. The van der Waals surface area contributed by atoms with Crippen molar-refractivity contribution in [2.45, 2.75) is 13.5 Å². The number of Topliss-reactive ketones (excluding diaryl/α,β-unsaturated/α-hetero) is 1. The summed E-state index contributed by atoms with van der Waals surface area (Å²) in [6, 6.07) is 11.5. The molecule has 0 bridgehead atoms. The van der Waals surface area contributed by atoms with E-state index in [4.69, 9.17) is 4.74 Å². The molecule has 0 saturated heterocycles. The zero-order valence-corrected chi connectivity index (χ0v) is 12.3. The summed E-state index contributed by atoms with van der Waals surface area (Å²) in [5.74, 6) is 0.627. The van der Waals surface area contributed by atoms with Crippen molar-refractivity contribution in [2.24, 2.45) is 0 Å². The molecule has 6 nitrogen and oxygen atoms in total. The van der Waals surface area contributed by atoms with Crippen molar-refractivity contribution >= 4 is 17.2 Å². The fraction of sp³-hybridized carbons (Fsp3) is 0.188. The predicted octanol–water partition coefficient (Wildman–Crippen LogP) is 3.42. The Labute approximate surface area is 127 Å². The fourth-order valence-electron chi connectivity index (χ4n) is 2.06. The minimum atomic E-state index is -0.442. The molecule has 0 aliphatic rings. The summed E-state index contributed by atoms with van der Waals surface area (Å²) in [6.07, 6.45) is 0. The van der Waals surface area contributed by atoms with Crippen LogP contribution < -0.4 is 10.1 Å². The number of nitro benzene ring substituents is 1. The molecule has 0 amide bonds. The van der Waals surface area contributed by atoms with E-state index in [-0.39, 0.29) is 11.5 Å². The number of methoxy groups -OCH3 is 1. The third-order valence-corrected chi connectivity index (χ3v) is 3.23. The Morgan fingerprint density at radius 3 is 2.68 bits per heavy atom. The molecule has 0 heterocycles. The molecular formula is C16H16N2O4. The second-order valence-electron chi connectivity index (χ2n) is 4.74. The molecule has 0 aliphatic carbocycles. The molecule has 1 N–H and O–H groups in total. The van der Waals surface area contributed by atoms with Gasteiger partial charge in [-0.05, 0) is 31.2 Å². The van der Waals surface area contributed by atoms with Crippen molar-refractivity contribution in [1.29, 1.82) is 0 Å². The van der Waals surface area contributed by atoms with Crippen LogP contribution in [0.25, 0.3) is 0 Å². The Bertz CT molecular complexity index is 713. The van der Waals surface area contributed by atoms with Gasteiger partial charge < -0.3 is 10.1 Å². The maximum atomic E-state index is 11.5. The van der Waals surface area contributed by atoms with Crippen LogP contribution in [0.5, 0.6) is 5.75 Å². The van der Waals surface area contributed by atoms with Gasteiger partial charge in [-0.1, -0.05) is 6.07 Å². The van der Waals surface area contributed by atoms with E-state index in [0.29, 0.717) is 23.5 Å². The van der Waals surface area contributed by atoms with Crippen molar-refractivity contribution in [3.8, 4) is 5.75 Å². The molecular weight excluding hydrogens is 284 g/mol. The van der Waals surface area contributed by atoms with Crippen LogP contribution in [0.3, 0.4) is 0 Å². The van der Waals surface area contributed by atoms with Gasteiger partial charge in [0, 0.05) is 35.5 Å². The highest BCUT2D eigenvalue weighted by atomic mass is 16.6. The van der Waals surface area contributed by atoms with Gasteiger partial charge >= 0.3 is 0 Å². The first-order valence-corrected chi connectivity index (χ1v) is 6.67. The lowest BCUT2D eigenvalue weighted by Gasteiger charge is -2.11. The quantitative estimate of drug-likeness (QED) is 0.502. The van der Waals surface area contributed by atoms with Crippen molar-refractivity contribution in [3.05, 3.63) is 63.7 Å². The van der Waals surface area contributed by atoms with Gasteiger partial charge in [-0.2, -0.15) is 0 Å². The Kier molecular flexibility index (Phi) is 4.73. The monoisotopic (exact) mass is 300 g/mol. The van der Waals surface area contributed by atoms with Gasteiger partial charge in [-0.25, -0.2) is 0 Å². The van der Waals surface area contributed by atoms with Crippen LogP contribution >= 0.6 is 0 Å². The van der Waals surface area contributed by atoms with Crippen LogP contribution in [0.15, 0.2) is 42.5 Å². The van der Waals surface area contributed by atoms with Gasteiger partial charge in [-0.3, -0.25) is 14.9 Å². The van der Waals surface area contributed by atoms with Crippen LogP contribution in [-0.4, -0.2) is 17.8 Å². The summed E-state index contributed by atoms with van der Waals surface area (Å²) in [5, 5.41) is 13.9. The van der Waals surface area contributed by atoms with Crippen LogP contribution in [0.1, 0.15) is 22.8 Å². The topological polar surface area (TPSA) is 81.5 Å². The maximum absolute atomic E-state index is 11.5. The lowest BCUT2D eigenvalue weighted by Crippen LogP contribution is -2.04. The van der Waals surface area contributed by atoms with Crippen LogP contribution in [-0.2, 0) is 6.54 Å². The van der Waals surface area contributed by atoms with Gasteiger partial charge in [0.2, 0.25) is 0 Å². The number of nitrogens with one attached hydrogen (secondary N) is 1. The minimum absolute atomic E-state index is 0.0226. The fourth-order valence-corrected chi connectivity index (χ4v) is 2.06. The third-order valence-electron chi connectivity index (χ3n) is 3.23. The van der Waals surface area contributed by atoms with Crippen LogP contribution in [0.2, 0.25) is 0 Å². The molecule has 114 valence electrons. The number of carbonyl (C=O) groups is 1. The van der Waals surface area contributed by atoms with E-state index in [0.717, 1.165) is 5.56 Å². The summed E-state index contributed by atoms with van der Waals surface area (Å²) >= 11 is 0. The molecule has 0 atom stereocenters. The van der Waals surface area contributed by atoms with E-state index < -0.39 is 4.92 Å². The number of anilines is 1. The molecule has 0 fully saturated rings. The highest BCUT2D eigenvalue weighted by Gasteiger charge is 2.09. The van der Waals surface area contributed by atoms with Crippen molar-refractivity contribution in [3.63, 3.8) is 0 Å². The first-order chi connectivity index (χ1) is 10.5. The zero-order chi connectivity index (χ0) is 16.1. The summed E-state index contributed by atoms with van der Waals surface area (Å²) in [7, 11) is 1.56. The molecule has 22 heavy (non-hydrogen) atoms. The lowest BCUT2D eigenvalue weighted by atomic mass is 10.1. The number of carbonyl (C=O) groups excluding carboxylic acids is 1. The Balaban J connectivity index is 2.20. The van der Waals surface area contributed by atoms with Crippen molar-refractivity contribution in [2.75, 3.05) is 12.4 Å². The summed E-state index contributed by atoms with van der Waals surface area (Å²) < 4.78 is 5.27. The molecule has 2 aromatic carbocycles. The minimum Gasteiger partial charge on any atom is -0.496 e. The molecule has 2 aromatic rings. The molecule has 0 unspecified atom stereocenters. The van der Waals surface area contributed by atoms with E-state index in [1.165, 1.54) is 19.1 Å². The smallest absolute Gasteiger partial charge is 0.271 e. The third kappa shape index (κ3) is 3.60. The van der Waals surface area contributed by atoms with E-state index in [2.05, 4.69) is 5.32 Å². The predicted molar refractivity (Wildman–Crippen MR) is 83.4 cm³/mol. The number of non-ortho nitro benzene ring substituents is 1. The van der Waals surface area contributed by atoms with Gasteiger partial charge in [0.05, 0.1) is 12.0 Å². The second-order valence-corrected chi connectivity index (χ2v) is 4.74. The highest BCUT2D eigenvalue weighted by Crippen LogP contribution is 2.23. The summed E-state index contributed by atoms with van der Waals surface area (Å²) in [6.45, 7) is 1.89. The largest absolute Gasteiger partial charge is 0.496 e. The number of ketones is 1. The van der Waals surface area contributed by atoms with E-state index in [1.54, 1.807) is 37.4 Å².